The van der Waals surface area contributed by atoms with Gasteiger partial charge in [-0.15, -0.1) is 0 Å². The molecule has 0 bridgehead atoms. The van der Waals surface area contributed by atoms with E-state index in [4.69, 9.17) is 56.2 Å². The van der Waals surface area contributed by atoms with Gasteiger partial charge in [0.05, 0.1) is 16.8 Å². The van der Waals surface area contributed by atoms with Crippen molar-refractivity contribution >= 4 is 52.1 Å². The normalized spacial score (nSPS) is 20.0. The van der Waals surface area contributed by atoms with Gasteiger partial charge in [-0.1, -0.05) is 64.6 Å². The number of nitrogens with zero attached hydrogens (tertiary/aromatic N) is 2. The van der Waals surface area contributed by atoms with Crippen LogP contribution in [-0.4, -0.2) is 10.7 Å². The number of hydrazone groups is 1. The summed E-state index contributed by atoms with van der Waals surface area (Å²) in [4.78, 5) is 0. The maximum atomic E-state index is 6.50. The van der Waals surface area contributed by atoms with E-state index in [0.717, 1.165) is 34.6 Å². The lowest BCUT2D eigenvalue weighted by molar-refractivity contribution is -0.0189. The molecule has 5 rings (SSSR count). The van der Waals surface area contributed by atoms with Crippen LogP contribution in [0.15, 0.2) is 65.8 Å². The lowest BCUT2D eigenvalue weighted by atomic mass is 9.96. The number of hydrogen-bond acceptors (Lipinski definition) is 3. The van der Waals surface area contributed by atoms with Crippen molar-refractivity contribution in [3.8, 4) is 5.75 Å². The van der Waals surface area contributed by atoms with Gasteiger partial charge in [0.25, 0.3) is 0 Å². The van der Waals surface area contributed by atoms with Gasteiger partial charge in [0.2, 0.25) is 6.23 Å². The molecule has 3 aromatic carbocycles. The maximum Gasteiger partial charge on any atom is 0.215 e. The summed E-state index contributed by atoms with van der Waals surface area (Å²) in [5.74, 6) is 0.777. The molecule has 0 unspecified atom stereocenters. The van der Waals surface area contributed by atoms with E-state index >= 15 is 0 Å². The smallest absolute Gasteiger partial charge is 0.215 e. The molecule has 0 fully saturated rings. The van der Waals surface area contributed by atoms with Crippen molar-refractivity contribution in [2.24, 2.45) is 5.10 Å². The van der Waals surface area contributed by atoms with Crippen LogP contribution in [-0.2, 0) is 0 Å². The van der Waals surface area contributed by atoms with Gasteiger partial charge in [-0.25, -0.2) is 5.01 Å². The summed E-state index contributed by atoms with van der Waals surface area (Å²) in [6.45, 7) is 0. The van der Waals surface area contributed by atoms with E-state index in [0.29, 0.717) is 20.1 Å². The van der Waals surface area contributed by atoms with Crippen LogP contribution >= 0.6 is 46.4 Å². The standard InChI is InChI=1S/C22H14Cl4N2O/c23-13-3-1-12(2-4-13)19-11-20-17-9-14(24)6-8-21(17)29-22(28(20)27-19)16-7-5-15(25)10-18(16)26/h1-10,20,22H,11H2/t20-,22+/m1/s1. The first-order valence-corrected chi connectivity index (χ1v) is 10.5. The molecule has 146 valence electrons. The molecule has 2 aliphatic rings. The Morgan fingerprint density at radius 2 is 1.48 bits per heavy atom. The predicted molar refractivity (Wildman–Crippen MR) is 118 cm³/mol. The number of hydrogen-bond donors (Lipinski definition) is 0. The molecule has 0 amide bonds. The van der Waals surface area contributed by atoms with E-state index < -0.39 is 6.23 Å². The highest BCUT2D eigenvalue weighted by Gasteiger charge is 2.41. The third kappa shape index (κ3) is 3.47. The fourth-order valence-corrected chi connectivity index (χ4v) is 4.59. The Balaban J connectivity index is 1.62. The highest BCUT2D eigenvalue weighted by Crippen LogP contribution is 2.49. The molecule has 7 heteroatoms. The van der Waals surface area contributed by atoms with E-state index in [2.05, 4.69) is 0 Å². The number of fused-ring (bicyclic) bond motifs is 3. The third-order valence-electron chi connectivity index (χ3n) is 5.16. The van der Waals surface area contributed by atoms with Crippen LogP contribution in [0.25, 0.3) is 0 Å². The zero-order valence-corrected chi connectivity index (χ0v) is 18.0. The minimum atomic E-state index is -0.469. The molecule has 29 heavy (non-hydrogen) atoms. The fraction of sp³-hybridized carbons (Fsp3) is 0.136. The second-order valence-electron chi connectivity index (χ2n) is 6.97. The van der Waals surface area contributed by atoms with E-state index in [9.17, 15) is 0 Å². The molecule has 0 spiro atoms. The molecule has 0 saturated carbocycles. The van der Waals surface area contributed by atoms with Crippen LogP contribution in [0, 0.1) is 0 Å². The van der Waals surface area contributed by atoms with Crippen molar-refractivity contribution in [1.29, 1.82) is 0 Å². The summed E-state index contributed by atoms with van der Waals surface area (Å²) in [7, 11) is 0. The first kappa shape index (κ1) is 19.1. The van der Waals surface area contributed by atoms with Crippen molar-refractivity contribution in [2.45, 2.75) is 18.7 Å². The first-order chi connectivity index (χ1) is 14.0. The molecule has 3 aromatic rings. The highest BCUT2D eigenvalue weighted by molar-refractivity contribution is 6.35. The van der Waals surface area contributed by atoms with Crippen molar-refractivity contribution in [1.82, 2.24) is 5.01 Å². The Hall–Kier alpha value is -1.91. The number of halogens is 4. The van der Waals surface area contributed by atoms with Crippen LogP contribution in [0.3, 0.4) is 0 Å². The van der Waals surface area contributed by atoms with Crippen molar-refractivity contribution < 1.29 is 4.74 Å². The molecule has 2 heterocycles. The van der Waals surface area contributed by atoms with E-state index in [1.165, 1.54) is 0 Å². The lowest BCUT2D eigenvalue weighted by Crippen LogP contribution is -2.33. The van der Waals surface area contributed by atoms with Gasteiger partial charge in [-0.3, -0.25) is 0 Å². The van der Waals surface area contributed by atoms with Gasteiger partial charge in [-0.2, -0.15) is 5.10 Å². The fourth-order valence-electron chi connectivity index (χ4n) is 3.78. The van der Waals surface area contributed by atoms with Gasteiger partial charge < -0.3 is 4.74 Å². The zero-order valence-electron chi connectivity index (χ0n) is 14.9. The summed E-state index contributed by atoms with van der Waals surface area (Å²) in [5.41, 5.74) is 3.79. The zero-order chi connectivity index (χ0) is 20.1. The van der Waals surface area contributed by atoms with Crippen LogP contribution in [0.5, 0.6) is 5.75 Å². The molecule has 2 aliphatic heterocycles. The largest absolute Gasteiger partial charge is 0.464 e. The first-order valence-electron chi connectivity index (χ1n) is 9.02. The Morgan fingerprint density at radius 1 is 0.793 bits per heavy atom. The van der Waals surface area contributed by atoms with Gasteiger partial charge >= 0.3 is 0 Å². The second-order valence-corrected chi connectivity index (χ2v) is 8.69. The molecule has 2 atom stereocenters. The van der Waals surface area contributed by atoms with Crippen LogP contribution in [0.2, 0.25) is 20.1 Å². The molecular weight excluding hydrogens is 450 g/mol. The van der Waals surface area contributed by atoms with Crippen LogP contribution < -0.4 is 4.74 Å². The van der Waals surface area contributed by atoms with Gasteiger partial charge in [-0.05, 0) is 48.0 Å². The van der Waals surface area contributed by atoms with Crippen molar-refractivity contribution in [3.63, 3.8) is 0 Å². The number of ether oxygens (including phenoxy) is 1. The minimum absolute atomic E-state index is 0.0140. The number of benzene rings is 3. The van der Waals surface area contributed by atoms with Crippen LogP contribution in [0.1, 0.15) is 35.4 Å². The average molecular weight is 464 g/mol. The average Bonchev–Trinajstić information content (AvgIpc) is 3.14. The molecule has 0 aromatic heterocycles. The summed E-state index contributed by atoms with van der Waals surface area (Å²) in [5, 5.41) is 9.33. The molecule has 0 radical (unpaired) electrons. The summed E-state index contributed by atoms with van der Waals surface area (Å²) in [6, 6.07) is 18.7. The van der Waals surface area contributed by atoms with E-state index in [1.54, 1.807) is 12.1 Å². The minimum Gasteiger partial charge on any atom is -0.464 e. The van der Waals surface area contributed by atoms with Gasteiger partial charge in [0.1, 0.15) is 5.75 Å². The quantitative estimate of drug-likeness (QED) is 0.392. The molecule has 3 nitrogen and oxygen atoms in total. The topological polar surface area (TPSA) is 24.8 Å². The summed E-state index contributed by atoms with van der Waals surface area (Å²) < 4.78 is 6.32. The van der Waals surface area contributed by atoms with Crippen LogP contribution in [0.4, 0.5) is 0 Å². The van der Waals surface area contributed by atoms with E-state index in [1.807, 2.05) is 53.5 Å². The van der Waals surface area contributed by atoms with Gasteiger partial charge in [0, 0.05) is 32.6 Å². The third-order valence-corrected chi connectivity index (χ3v) is 6.21. The maximum absolute atomic E-state index is 6.50. The Labute approximate surface area is 188 Å². The SMILES string of the molecule is Clc1ccc(C2=NN3[C@H](C2)c2cc(Cl)ccc2O[C@H]3c2ccc(Cl)cc2Cl)cc1. The van der Waals surface area contributed by atoms with Gasteiger partial charge in [0.15, 0.2) is 0 Å². The molecular formula is C22H14Cl4N2O. The predicted octanol–water partition coefficient (Wildman–Crippen LogP) is 7.54. The van der Waals surface area contributed by atoms with Crippen molar-refractivity contribution in [2.75, 3.05) is 0 Å². The number of rotatable bonds is 2. The highest BCUT2D eigenvalue weighted by atomic mass is 35.5. The second kappa shape index (κ2) is 7.41. The summed E-state index contributed by atoms with van der Waals surface area (Å²) >= 11 is 24.9. The summed E-state index contributed by atoms with van der Waals surface area (Å²) in [6.07, 6.45) is 0.253. The molecule has 0 aliphatic carbocycles. The van der Waals surface area contributed by atoms with E-state index in [-0.39, 0.29) is 6.04 Å². The monoisotopic (exact) mass is 462 g/mol. The Morgan fingerprint density at radius 3 is 2.24 bits per heavy atom. The Kier molecular flexibility index (Phi) is 4.87. The Bertz CT molecular complexity index is 1130. The lowest BCUT2D eigenvalue weighted by Gasteiger charge is -2.38. The molecule has 0 saturated heterocycles. The molecule has 0 N–H and O–H groups in total. The van der Waals surface area contributed by atoms with Crippen molar-refractivity contribution in [3.05, 3.63) is 97.4 Å².